The number of nitrogens with zero attached hydrogens (tertiary/aromatic N) is 3. The molecule has 0 saturated carbocycles. The van der Waals surface area contributed by atoms with Crippen molar-refractivity contribution < 1.29 is 0 Å². The summed E-state index contributed by atoms with van der Waals surface area (Å²) in [5.41, 5.74) is 5.74. The molecule has 2 aromatic heterocycles. The fourth-order valence-electron chi connectivity index (χ4n) is 2.43. The van der Waals surface area contributed by atoms with E-state index >= 15 is 0 Å². The molecule has 5 nitrogen and oxygen atoms in total. The van der Waals surface area contributed by atoms with Crippen LogP contribution in [0.5, 0.6) is 0 Å². The van der Waals surface area contributed by atoms with Crippen molar-refractivity contribution in [3.63, 3.8) is 0 Å². The Bertz CT molecular complexity index is 538. The van der Waals surface area contributed by atoms with Crippen molar-refractivity contribution in [2.75, 3.05) is 6.54 Å². The van der Waals surface area contributed by atoms with Gasteiger partial charge in [-0.2, -0.15) is 10.2 Å². The molecule has 0 unspecified atom stereocenters. The molecule has 0 atom stereocenters. The summed E-state index contributed by atoms with van der Waals surface area (Å²) >= 11 is 0. The summed E-state index contributed by atoms with van der Waals surface area (Å²) in [5.74, 6) is 0. The molecule has 0 aliphatic carbocycles. The van der Waals surface area contributed by atoms with Crippen LogP contribution < -0.4 is 5.32 Å². The molecule has 0 spiro atoms. The first kappa shape index (κ1) is 13.8. The second-order valence-corrected chi connectivity index (χ2v) is 4.81. The molecule has 0 radical (unpaired) electrons. The van der Waals surface area contributed by atoms with Gasteiger partial charge < -0.3 is 5.32 Å². The zero-order valence-corrected chi connectivity index (χ0v) is 12.2. The Morgan fingerprint density at radius 3 is 2.74 bits per heavy atom. The maximum atomic E-state index is 4.57. The fraction of sp³-hybridized carbons (Fsp3) is 0.571. The SMILES string of the molecule is CCCNCc1cn[nH]c1-c1c(C)nn(CC)c1C. The Morgan fingerprint density at radius 1 is 1.32 bits per heavy atom. The quantitative estimate of drug-likeness (QED) is 0.785. The highest BCUT2D eigenvalue weighted by molar-refractivity contribution is 5.67. The van der Waals surface area contributed by atoms with E-state index in [1.807, 2.05) is 10.9 Å². The molecule has 104 valence electrons. The van der Waals surface area contributed by atoms with E-state index in [0.717, 1.165) is 37.4 Å². The summed E-state index contributed by atoms with van der Waals surface area (Å²) < 4.78 is 2.04. The molecular formula is C14H23N5. The largest absolute Gasteiger partial charge is 0.313 e. The van der Waals surface area contributed by atoms with Crippen molar-refractivity contribution in [1.29, 1.82) is 0 Å². The van der Waals surface area contributed by atoms with Crippen LogP contribution in [0.25, 0.3) is 11.3 Å². The molecular weight excluding hydrogens is 238 g/mol. The molecule has 0 aromatic carbocycles. The van der Waals surface area contributed by atoms with E-state index in [9.17, 15) is 0 Å². The molecule has 0 saturated heterocycles. The first-order chi connectivity index (χ1) is 9.19. The molecule has 2 aromatic rings. The number of H-pyrrole nitrogens is 1. The summed E-state index contributed by atoms with van der Waals surface area (Å²) in [6.45, 7) is 11.2. The Hall–Kier alpha value is -1.62. The highest BCUT2D eigenvalue weighted by atomic mass is 15.3. The standard InChI is InChI=1S/C14H23N5/c1-5-7-15-8-12-9-16-17-14(12)13-10(3)18-19(6-2)11(13)4/h9,15H,5-8H2,1-4H3,(H,16,17). The van der Waals surface area contributed by atoms with Gasteiger partial charge in [0, 0.05) is 29.9 Å². The summed E-state index contributed by atoms with van der Waals surface area (Å²) in [5, 5.41) is 15.3. The lowest BCUT2D eigenvalue weighted by Gasteiger charge is -2.05. The number of nitrogens with one attached hydrogen (secondary N) is 2. The minimum absolute atomic E-state index is 0.843. The third-order valence-electron chi connectivity index (χ3n) is 3.39. The van der Waals surface area contributed by atoms with Gasteiger partial charge in [0.2, 0.25) is 0 Å². The maximum Gasteiger partial charge on any atom is 0.0732 e. The van der Waals surface area contributed by atoms with Gasteiger partial charge in [-0.3, -0.25) is 9.78 Å². The minimum atomic E-state index is 0.843. The van der Waals surface area contributed by atoms with E-state index in [1.165, 1.54) is 16.8 Å². The zero-order valence-electron chi connectivity index (χ0n) is 12.2. The average molecular weight is 261 g/mol. The van der Waals surface area contributed by atoms with Gasteiger partial charge in [0.1, 0.15) is 0 Å². The number of aryl methyl sites for hydroxylation is 2. The van der Waals surface area contributed by atoms with Gasteiger partial charge in [0.25, 0.3) is 0 Å². The van der Waals surface area contributed by atoms with E-state index in [1.54, 1.807) is 0 Å². The second-order valence-electron chi connectivity index (χ2n) is 4.81. The molecule has 0 aliphatic rings. The predicted octanol–water partition coefficient (Wildman–Crippen LogP) is 2.41. The highest BCUT2D eigenvalue weighted by Crippen LogP contribution is 2.27. The van der Waals surface area contributed by atoms with Gasteiger partial charge in [0.15, 0.2) is 0 Å². The van der Waals surface area contributed by atoms with Gasteiger partial charge >= 0.3 is 0 Å². The van der Waals surface area contributed by atoms with Crippen LogP contribution in [0.15, 0.2) is 6.20 Å². The fourth-order valence-corrected chi connectivity index (χ4v) is 2.43. The highest BCUT2D eigenvalue weighted by Gasteiger charge is 2.17. The van der Waals surface area contributed by atoms with Crippen molar-refractivity contribution >= 4 is 0 Å². The van der Waals surface area contributed by atoms with E-state index < -0.39 is 0 Å². The molecule has 0 aliphatic heterocycles. The van der Waals surface area contributed by atoms with Crippen LogP contribution in [0.2, 0.25) is 0 Å². The maximum absolute atomic E-state index is 4.57. The van der Waals surface area contributed by atoms with Gasteiger partial charge in [-0.1, -0.05) is 6.92 Å². The number of hydrogen-bond acceptors (Lipinski definition) is 3. The van der Waals surface area contributed by atoms with E-state index in [0.29, 0.717) is 0 Å². The lowest BCUT2D eigenvalue weighted by atomic mass is 10.1. The zero-order chi connectivity index (χ0) is 13.8. The smallest absolute Gasteiger partial charge is 0.0732 e. The van der Waals surface area contributed by atoms with Crippen LogP contribution >= 0.6 is 0 Å². The molecule has 0 bridgehead atoms. The third kappa shape index (κ3) is 2.71. The Kier molecular flexibility index (Phi) is 4.37. The topological polar surface area (TPSA) is 58.5 Å². The first-order valence-electron chi connectivity index (χ1n) is 6.96. The van der Waals surface area contributed by atoms with E-state index in [-0.39, 0.29) is 0 Å². The Morgan fingerprint density at radius 2 is 2.11 bits per heavy atom. The van der Waals surface area contributed by atoms with Crippen molar-refractivity contribution in [3.8, 4) is 11.3 Å². The van der Waals surface area contributed by atoms with Gasteiger partial charge in [-0.25, -0.2) is 0 Å². The molecule has 2 rings (SSSR count). The van der Waals surface area contributed by atoms with Crippen LogP contribution in [0, 0.1) is 13.8 Å². The van der Waals surface area contributed by atoms with Gasteiger partial charge in [0.05, 0.1) is 17.6 Å². The Labute approximate surface area is 114 Å². The molecule has 5 heteroatoms. The van der Waals surface area contributed by atoms with Crippen LogP contribution in [0.1, 0.15) is 37.2 Å². The normalized spacial score (nSPS) is 11.2. The van der Waals surface area contributed by atoms with E-state index in [2.05, 4.69) is 48.3 Å². The second kappa shape index (κ2) is 6.02. The summed E-state index contributed by atoms with van der Waals surface area (Å²) in [4.78, 5) is 0. The van der Waals surface area contributed by atoms with Crippen LogP contribution in [0.3, 0.4) is 0 Å². The van der Waals surface area contributed by atoms with Crippen molar-refractivity contribution in [1.82, 2.24) is 25.3 Å². The van der Waals surface area contributed by atoms with Crippen molar-refractivity contribution in [2.45, 2.75) is 47.2 Å². The van der Waals surface area contributed by atoms with Crippen LogP contribution in [-0.4, -0.2) is 26.5 Å². The molecule has 2 heterocycles. The number of hydrogen-bond donors (Lipinski definition) is 2. The monoisotopic (exact) mass is 261 g/mol. The lowest BCUT2D eigenvalue weighted by Crippen LogP contribution is -2.14. The molecule has 0 amide bonds. The minimum Gasteiger partial charge on any atom is -0.313 e. The molecule has 2 N–H and O–H groups in total. The van der Waals surface area contributed by atoms with Crippen molar-refractivity contribution in [3.05, 3.63) is 23.1 Å². The van der Waals surface area contributed by atoms with E-state index in [4.69, 9.17) is 0 Å². The summed E-state index contributed by atoms with van der Waals surface area (Å²) in [7, 11) is 0. The first-order valence-corrected chi connectivity index (χ1v) is 6.96. The number of aromatic nitrogens is 4. The predicted molar refractivity (Wildman–Crippen MR) is 77.0 cm³/mol. The molecule has 19 heavy (non-hydrogen) atoms. The lowest BCUT2D eigenvalue weighted by molar-refractivity contribution is 0.634. The number of rotatable bonds is 6. The van der Waals surface area contributed by atoms with Crippen LogP contribution in [-0.2, 0) is 13.1 Å². The Balaban J connectivity index is 2.32. The third-order valence-corrected chi connectivity index (χ3v) is 3.39. The van der Waals surface area contributed by atoms with Crippen molar-refractivity contribution in [2.24, 2.45) is 0 Å². The van der Waals surface area contributed by atoms with Gasteiger partial charge in [-0.05, 0) is 33.7 Å². The number of aromatic amines is 1. The van der Waals surface area contributed by atoms with Crippen LogP contribution in [0.4, 0.5) is 0 Å². The van der Waals surface area contributed by atoms with Gasteiger partial charge in [-0.15, -0.1) is 0 Å². The average Bonchev–Trinajstić information content (AvgIpc) is 2.94. The summed E-state index contributed by atoms with van der Waals surface area (Å²) in [6, 6.07) is 0. The summed E-state index contributed by atoms with van der Waals surface area (Å²) in [6.07, 6.45) is 3.04. The molecule has 0 fully saturated rings.